The number of likely N-dealkylation sites (N-methyl/N-ethyl adjacent to an activating group) is 1. The van der Waals surface area contributed by atoms with Gasteiger partial charge in [0.2, 0.25) is 0 Å². The molecule has 170 valence electrons. The number of hydrogen-bond acceptors (Lipinski definition) is 7. The Morgan fingerprint density at radius 1 is 1.09 bits per heavy atom. The van der Waals surface area contributed by atoms with E-state index in [9.17, 15) is 0 Å². The third-order valence-corrected chi connectivity index (χ3v) is 5.73. The van der Waals surface area contributed by atoms with Crippen molar-refractivity contribution in [2.45, 2.75) is 19.6 Å². The Balaban J connectivity index is 1.40. The number of ether oxygens (including phenoxy) is 3. The molecule has 3 heterocycles. The molecular weight excluding hydrogens is 418 g/mol. The van der Waals surface area contributed by atoms with Gasteiger partial charge in [0.15, 0.2) is 5.82 Å². The number of benzene rings is 2. The van der Waals surface area contributed by atoms with Gasteiger partial charge < -0.3 is 29.4 Å². The normalized spacial score (nSPS) is 15.2. The van der Waals surface area contributed by atoms with Gasteiger partial charge >= 0.3 is 0 Å². The zero-order valence-electron chi connectivity index (χ0n) is 19.0. The van der Waals surface area contributed by atoms with Gasteiger partial charge in [-0.1, -0.05) is 6.07 Å². The van der Waals surface area contributed by atoms with Crippen LogP contribution in [0.4, 0.5) is 5.82 Å². The third-order valence-electron chi connectivity index (χ3n) is 5.73. The zero-order valence-corrected chi connectivity index (χ0v) is 19.0. The lowest BCUT2D eigenvalue weighted by Crippen LogP contribution is -2.19. The fourth-order valence-electron chi connectivity index (χ4n) is 4.12. The number of nitrogens with zero attached hydrogens (tertiary/aromatic N) is 4. The van der Waals surface area contributed by atoms with Crippen LogP contribution in [0, 0.1) is 0 Å². The van der Waals surface area contributed by atoms with Crippen molar-refractivity contribution in [2.75, 3.05) is 33.0 Å². The molecule has 0 amide bonds. The van der Waals surface area contributed by atoms with Gasteiger partial charge in [0, 0.05) is 23.9 Å². The Morgan fingerprint density at radius 2 is 1.88 bits per heavy atom. The van der Waals surface area contributed by atoms with E-state index in [2.05, 4.69) is 19.4 Å². The number of anilines is 1. The van der Waals surface area contributed by atoms with Gasteiger partial charge in [-0.05, 0) is 57.4 Å². The van der Waals surface area contributed by atoms with Crippen LogP contribution >= 0.6 is 0 Å². The molecule has 1 atom stereocenters. The average molecular weight is 446 g/mol. The van der Waals surface area contributed by atoms with Gasteiger partial charge in [0.1, 0.15) is 41.2 Å². The Hall–Kier alpha value is -3.62. The highest BCUT2D eigenvalue weighted by Gasteiger charge is 2.30. The molecule has 1 unspecified atom stereocenters. The van der Waals surface area contributed by atoms with E-state index in [-0.39, 0.29) is 6.10 Å². The lowest BCUT2D eigenvalue weighted by molar-refractivity contribution is 0.0783. The summed E-state index contributed by atoms with van der Waals surface area (Å²) in [5, 5.41) is 0. The second kappa shape index (κ2) is 8.73. The maximum atomic E-state index is 6.25. The summed E-state index contributed by atoms with van der Waals surface area (Å²) >= 11 is 0. The number of fused-ring (bicyclic) bond motifs is 3. The van der Waals surface area contributed by atoms with Crippen molar-refractivity contribution in [3.63, 3.8) is 0 Å². The molecule has 0 saturated heterocycles. The molecule has 0 fully saturated rings. The number of hydrogen-bond donors (Lipinski definition) is 1. The number of aromatic nitrogens is 3. The van der Waals surface area contributed by atoms with Crippen LogP contribution < -0.4 is 15.2 Å². The SMILES string of the molecule is CC1OCc2c1c1ncnc(N)c1n2-c1ccc(Oc2cccc(OCCN(C)C)c2)cc1. The molecule has 0 spiro atoms. The molecule has 2 aromatic heterocycles. The predicted octanol–water partition coefficient (Wildman–Crippen LogP) is 4.33. The number of nitrogens with two attached hydrogens (primary N) is 1. The summed E-state index contributed by atoms with van der Waals surface area (Å²) in [4.78, 5) is 10.8. The van der Waals surface area contributed by atoms with Crippen LogP contribution in [0.1, 0.15) is 24.3 Å². The van der Waals surface area contributed by atoms with Crippen LogP contribution in [0.15, 0.2) is 54.9 Å². The highest BCUT2D eigenvalue weighted by molar-refractivity contribution is 5.91. The van der Waals surface area contributed by atoms with Crippen molar-refractivity contribution < 1.29 is 14.2 Å². The maximum Gasteiger partial charge on any atom is 0.151 e. The van der Waals surface area contributed by atoms with Crippen molar-refractivity contribution in [3.05, 3.63) is 66.1 Å². The monoisotopic (exact) mass is 445 g/mol. The summed E-state index contributed by atoms with van der Waals surface area (Å²) in [6, 6.07) is 15.5. The van der Waals surface area contributed by atoms with Crippen LogP contribution in [0.3, 0.4) is 0 Å². The van der Waals surface area contributed by atoms with E-state index in [1.807, 2.05) is 69.6 Å². The van der Waals surface area contributed by atoms with Crippen molar-refractivity contribution >= 4 is 16.9 Å². The summed E-state index contributed by atoms with van der Waals surface area (Å²) in [6.07, 6.45) is 1.47. The Morgan fingerprint density at radius 3 is 2.67 bits per heavy atom. The summed E-state index contributed by atoms with van der Waals surface area (Å²) in [7, 11) is 4.04. The highest BCUT2D eigenvalue weighted by atomic mass is 16.5. The van der Waals surface area contributed by atoms with Crippen LogP contribution in [0.2, 0.25) is 0 Å². The molecule has 2 N–H and O–H groups in total. The van der Waals surface area contributed by atoms with E-state index < -0.39 is 0 Å². The molecule has 4 aromatic rings. The molecule has 33 heavy (non-hydrogen) atoms. The minimum Gasteiger partial charge on any atom is -0.492 e. The van der Waals surface area contributed by atoms with Crippen LogP contribution in [-0.2, 0) is 11.3 Å². The first kappa shape index (κ1) is 21.2. The van der Waals surface area contributed by atoms with Gasteiger partial charge in [-0.15, -0.1) is 0 Å². The summed E-state index contributed by atoms with van der Waals surface area (Å²) in [5.74, 6) is 2.68. The quantitative estimate of drug-likeness (QED) is 0.453. The molecular formula is C25H27N5O3. The molecule has 0 aliphatic carbocycles. The summed E-state index contributed by atoms with van der Waals surface area (Å²) < 4.78 is 19.8. The van der Waals surface area contributed by atoms with Gasteiger partial charge in [-0.3, -0.25) is 0 Å². The lowest BCUT2D eigenvalue weighted by atomic mass is 10.1. The van der Waals surface area contributed by atoms with E-state index in [0.29, 0.717) is 19.0 Å². The molecule has 8 heteroatoms. The Labute approximate surface area is 192 Å². The number of rotatable bonds is 7. The molecule has 5 rings (SSSR count). The van der Waals surface area contributed by atoms with Crippen LogP contribution in [0.5, 0.6) is 17.2 Å². The maximum absolute atomic E-state index is 6.25. The second-order valence-electron chi connectivity index (χ2n) is 8.33. The van der Waals surface area contributed by atoms with Crippen molar-refractivity contribution in [3.8, 4) is 22.9 Å². The molecule has 1 aliphatic heterocycles. The molecule has 0 radical (unpaired) electrons. The zero-order chi connectivity index (χ0) is 22.9. The summed E-state index contributed by atoms with van der Waals surface area (Å²) in [6.45, 7) is 4.01. The second-order valence-corrected chi connectivity index (χ2v) is 8.33. The fourth-order valence-corrected chi connectivity index (χ4v) is 4.12. The first-order chi connectivity index (χ1) is 16.0. The molecule has 1 aliphatic rings. The van der Waals surface area contributed by atoms with Crippen molar-refractivity contribution in [2.24, 2.45) is 0 Å². The first-order valence-electron chi connectivity index (χ1n) is 10.9. The standard InChI is InChI=1S/C25H27N5O3/c1-16-22-21(14-32-16)30(24-23(22)27-15-28-25(24)26)17-7-9-18(10-8-17)33-20-6-4-5-19(13-20)31-12-11-29(2)3/h4-10,13,15-16H,11-12,14H2,1-3H3,(H2,26,27,28). The van der Waals surface area contributed by atoms with Gasteiger partial charge in [0.25, 0.3) is 0 Å². The summed E-state index contributed by atoms with van der Waals surface area (Å²) in [5.41, 5.74) is 11.0. The topological polar surface area (TPSA) is 87.7 Å². The van der Waals surface area contributed by atoms with E-state index in [0.717, 1.165) is 51.8 Å². The largest absolute Gasteiger partial charge is 0.492 e. The number of nitrogen functional groups attached to an aromatic ring is 1. The van der Waals surface area contributed by atoms with Crippen LogP contribution in [0.25, 0.3) is 16.7 Å². The minimum atomic E-state index is -0.0344. The van der Waals surface area contributed by atoms with Crippen molar-refractivity contribution in [1.82, 2.24) is 19.4 Å². The van der Waals surface area contributed by atoms with Crippen LogP contribution in [-0.4, -0.2) is 46.7 Å². The third kappa shape index (κ3) is 4.10. The van der Waals surface area contributed by atoms with Gasteiger partial charge in [-0.25, -0.2) is 9.97 Å². The molecule has 0 bridgehead atoms. The Bertz CT molecular complexity index is 1280. The minimum absolute atomic E-state index is 0.0344. The highest BCUT2D eigenvalue weighted by Crippen LogP contribution is 2.40. The van der Waals surface area contributed by atoms with E-state index in [1.54, 1.807) is 0 Å². The lowest BCUT2D eigenvalue weighted by Gasteiger charge is -2.13. The van der Waals surface area contributed by atoms with Crippen molar-refractivity contribution in [1.29, 1.82) is 0 Å². The molecule has 0 saturated carbocycles. The predicted molar refractivity (Wildman–Crippen MR) is 127 cm³/mol. The van der Waals surface area contributed by atoms with Gasteiger partial charge in [0.05, 0.1) is 18.4 Å². The molecule has 2 aromatic carbocycles. The smallest absolute Gasteiger partial charge is 0.151 e. The first-order valence-corrected chi connectivity index (χ1v) is 10.9. The van der Waals surface area contributed by atoms with E-state index in [1.165, 1.54) is 6.33 Å². The van der Waals surface area contributed by atoms with E-state index in [4.69, 9.17) is 19.9 Å². The Kier molecular flexibility index (Phi) is 5.62. The molecule has 8 nitrogen and oxygen atoms in total. The van der Waals surface area contributed by atoms with Gasteiger partial charge in [-0.2, -0.15) is 0 Å². The fraction of sp³-hybridized carbons (Fsp3) is 0.280. The van der Waals surface area contributed by atoms with E-state index >= 15 is 0 Å². The average Bonchev–Trinajstić information content (AvgIpc) is 3.33.